The van der Waals surface area contributed by atoms with Crippen LogP contribution in [-0.4, -0.2) is 23.0 Å². The number of benzene rings is 1. The van der Waals surface area contributed by atoms with E-state index in [1.54, 1.807) is 6.08 Å². The Morgan fingerprint density at radius 2 is 2.14 bits per heavy atom. The van der Waals surface area contributed by atoms with Crippen molar-refractivity contribution in [3.05, 3.63) is 40.0 Å². The molecule has 21 heavy (non-hydrogen) atoms. The average Bonchev–Trinajstić information content (AvgIpc) is 2.42. The third-order valence-electron chi connectivity index (χ3n) is 3.11. The minimum atomic E-state index is -0.637. The summed E-state index contributed by atoms with van der Waals surface area (Å²) in [5, 5.41) is 13.7. The van der Waals surface area contributed by atoms with Gasteiger partial charge < -0.3 is 10.1 Å². The van der Waals surface area contributed by atoms with Gasteiger partial charge in [0, 0.05) is 24.2 Å². The molecule has 0 bridgehead atoms. The van der Waals surface area contributed by atoms with Crippen LogP contribution in [-0.2, 0) is 4.79 Å². The molecule has 112 valence electrons. The molecule has 1 aliphatic rings. The second-order valence-corrected chi connectivity index (χ2v) is 5.46. The maximum absolute atomic E-state index is 12.3. The van der Waals surface area contributed by atoms with Crippen molar-refractivity contribution in [1.82, 2.24) is 5.32 Å². The molecule has 1 N–H and O–H groups in total. The highest BCUT2D eigenvalue weighted by Crippen LogP contribution is 2.38. The molecule has 6 nitrogen and oxygen atoms in total. The van der Waals surface area contributed by atoms with Crippen molar-refractivity contribution in [3.8, 4) is 5.75 Å². The summed E-state index contributed by atoms with van der Waals surface area (Å²) in [4.78, 5) is 22.7. The number of hydrogen-bond acceptors (Lipinski definition) is 4. The highest BCUT2D eigenvalue weighted by Gasteiger charge is 2.30. The zero-order valence-electron chi connectivity index (χ0n) is 12.3. The van der Waals surface area contributed by atoms with E-state index < -0.39 is 10.5 Å². The molecule has 1 heterocycles. The van der Waals surface area contributed by atoms with Crippen LogP contribution in [0.2, 0.25) is 0 Å². The van der Waals surface area contributed by atoms with E-state index >= 15 is 0 Å². The van der Waals surface area contributed by atoms with Crippen molar-refractivity contribution in [1.29, 1.82) is 0 Å². The number of amides is 1. The Hall–Kier alpha value is -2.37. The van der Waals surface area contributed by atoms with Gasteiger partial charge >= 0.3 is 0 Å². The maximum atomic E-state index is 12.3. The maximum Gasteiger partial charge on any atom is 0.270 e. The number of nitro benzene ring substituents is 1. The van der Waals surface area contributed by atoms with Crippen LogP contribution in [0.3, 0.4) is 0 Å². The van der Waals surface area contributed by atoms with Gasteiger partial charge in [-0.2, -0.15) is 0 Å². The summed E-state index contributed by atoms with van der Waals surface area (Å²) >= 11 is 0. The first-order valence-electron chi connectivity index (χ1n) is 6.83. The fourth-order valence-corrected chi connectivity index (χ4v) is 2.19. The molecule has 0 fully saturated rings. The Balaban J connectivity index is 2.47. The molecule has 0 radical (unpaired) electrons. The van der Waals surface area contributed by atoms with Crippen molar-refractivity contribution >= 4 is 17.2 Å². The standard InChI is InChI=1S/C15H18N2O4/c1-4-7-16-14(18)12-9-15(2,3)21-13-6-5-10(17(19)20)8-11(12)13/h5-6,8-9H,4,7H2,1-3H3,(H,16,18). The van der Waals surface area contributed by atoms with Gasteiger partial charge in [0.25, 0.3) is 11.6 Å². The zero-order valence-corrected chi connectivity index (χ0v) is 12.3. The Morgan fingerprint density at radius 1 is 1.43 bits per heavy atom. The Bertz CT molecular complexity index is 620. The Morgan fingerprint density at radius 3 is 2.76 bits per heavy atom. The lowest BCUT2D eigenvalue weighted by molar-refractivity contribution is -0.384. The van der Waals surface area contributed by atoms with Gasteiger partial charge in [-0.1, -0.05) is 6.92 Å². The molecule has 6 heteroatoms. The first-order chi connectivity index (χ1) is 9.84. The lowest BCUT2D eigenvalue weighted by Gasteiger charge is -2.30. The number of fused-ring (bicyclic) bond motifs is 1. The second-order valence-electron chi connectivity index (χ2n) is 5.46. The van der Waals surface area contributed by atoms with Gasteiger partial charge in [0.05, 0.1) is 10.5 Å². The van der Waals surface area contributed by atoms with Gasteiger partial charge in [-0.3, -0.25) is 14.9 Å². The lowest BCUT2D eigenvalue weighted by atomic mass is 9.93. The van der Waals surface area contributed by atoms with Crippen LogP contribution in [0, 0.1) is 10.1 Å². The minimum Gasteiger partial charge on any atom is -0.483 e. The highest BCUT2D eigenvalue weighted by molar-refractivity contribution is 6.21. The topological polar surface area (TPSA) is 81.5 Å². The molecule has 0 aliphatic carbocycles. The third-order valence-corrected chi connectivity index (χ3v) is 3.11. The van der Waals surface area contributed by atoms with Crippen LogP contribution in [0.1, 0.15) is 32.8 Å². The largest absolute Gasteiger partial charge is 0.483 e. The predicted molar refractivity (Wildman–Crippen MR) is 79.1 cm³/mol. The predicted octanol–water partition coefficient (Wildman–Crippen LogP) is 2.68. The van der Waals surface area contributed by atoms with E-state index in [9.17, 15) is 14.9 Å². The summed E-state index contributed by atoms with van der Waals surface area (Å²) in [6.07, 6.45) is 2.52. The van der Waals surface area contributed by atoms with Crippen molar-refractivity contribution in [2.45, 2.75) is 32.8 Å². The summed E-state index contributed by atoms with van der Waals surface area (Å²) in [6, 6.07) is 4.29. The molecule has 0 atom stereocenters. The molecule has 0 aromatic heterocycles. The fraction of sp³-hybridized carbons (Fsp3) is 0.400. The molecule has 2 rings (SSSR count). The van der Waals surface area contributed by atoms with Gasteiger partial charge in [-0.25, -0.2) is 0 Å². The van der Waals surface area contributed by atoms with Crippen LogP contribution < -0.4 is 10.1 Å². The number of non-ortho nitro benzene ring substituents is 1. The average molecular weight is 290 g/mol. The summed E-state index contributed by atoms with van der Waals surface area (Å²) in [7, 11) is 0. The van der Waals surface area contributed by atoms with Crippen molar-refractivity contribution in [3.63, 3.8) is 0 Å². The van der Waals surface area contributed by atoms with Crippen molar-refractivity contribution in [2.24, 2.45) is 0 Å². The number of carbonyl (C=O) groups is 1. The Kier molecular flexibility index (Phi) is 3.97. The normalized spacial score (nSPS) is 15.5. The van der Waals surface area contributed by atoms with Crippen LogP contribution in [0.4, 0.5) is 5.69 Å². The molecule has 0 spiro atoms. The van der Waals surface area contributed by atoms with Gasteiger partial charge in [0.2, 0.25) is 0 Å². The second kappa shape index (κ2) is 5.55. The van der Waals surface area contributed by atoms with Crippen molar-refractivity contribution in [2.75, 3.05) is 6.54 Å². The number of nitrogens with zero attached hydrogens (tertiary/aromatic N) is 1. The zero-order chi connectivity index (χ0) is 15.6. The van der Waals surface area contributed by atoms with E-state index in [2.05, 4.69) is 5.32 Å². The van der Waals surface area contributed by atoms with Gasteiger partial charge in [-0.05, 0) is 32.4 Å². The molecule has 1 aromatic rings. The summed E-state index contributed by atoms with van der Waals surface area (Å²) in [5.74, 6) is 0.240. The smallest absolute Gasteiger partial charge is 0.270 e. The number of hydrogen-bond donors (Lipinski definition) is 1. The molecule has 0 saturated carbocycles. The first kappa shape index (κ1) is 15.0. The van der Waals surface area contributed by atoms with Crippen LogP contribution in [0.5, 0.6) is 5.75 Å². The molecule has 0 saturated heterocycles. The highest BCUT2D eigenvalue weighted by atomic mass is 16.6. The molecular weight excluding hydrogens is 272 g/mol. The molecule has 1 aromatic carbocycles. The molecule has 0 unspecified atom stereocenters. The summed E-state index contributed by atoms with van der Waals surface area (Å²) in [5.41, 5.74) is 0.170. The fourth-order valence-electron chi connectivity index (χ4n) is 2.19. The van der Waals surface area contributed by atoms with Crippen LogP contribution in [0.15, 0.2) is 24.3 Å². The van der Waals surface area contributed by atoms with Gasteiger partial charge in [0.1, 0.15) is 11.4 Å². The van der Waals surface area contributed by atoms with E-state index in [1.807, 2.05) is 20.8 Å². The lowest BCUT2D eigenvalue weighted by Crippen LogP contribution is -2.33. The SMILES string of the molecule is CCCNC(=O)C1=CC(C)(C)Oc2ccc([N+](=O)[O-])cc21. The molecule has 1 aliphatic heterocycles. The number of nitro groups is 1. The van der Waals surface area contributed by atoms with E-state index in [0.29, 0.717) is 23.4 Å². The van der Waals surface area contributed by atoms with Gasteiger partial charge in [-0.15, -0.1) is 0 Å². The quantitative estimate of drug-likeness (QED) is 0.682. The van der Waals surface area contributed by atoms with E-state index in [1.165, 1.54) is 18.2 Å². The van der Waals surface area contributed by atoms with E-state index in [0.717, 1.165) is 6.42 Å². The minimum absolute atomic E-state index is 0.0637. The molecule has 1 amide bonds. The number of carbonyl (C=O) groups excluding carboxylic acids is 1. The van der Waals surface area contributed by atoms with Crippen molar-refractivity contribution < 1.29 is 14.5 Å². The first-order valence-corrected chi connectivity index (χ1v) is 6.83. The summed E-state index contributed by atoms with van der Waals surface area (Å²) < 4.78 is 5.76. The third kappa shape index (κ3) is 3.21. The monoisotopic (exact) mass is 290 g/mol. The van der Waals surface area contributed by atoms with Crippen LogP contribution >= 0.6 is 0 Å². The molecular formula is C15H18N2O4. The van der Waals surface area contributed by atoms with E-state index in [-0.39, 0.29) is 11.6 Å². The number of nitrogens with one attached hydrogen (secondary N) is 1. The summed E-state index contributed by atoms with van der Waals surface area (Å²) in [6.45, 7) is 6.19. The number of ether oxygens (including phenoxy) is 1. The Labute approximate surface area is 122 Å². The number of rotatable bonds is 4. The van der Waals surface area contributed by atoms with Gasteiger partial charge in [0.15, 0.2) is 0 Å². The van der Waals surface area contributed by atoms with E-state index in [4.69, 9.17) is 4.74 Å². The van der Waals surface area contributed by atoms with Crippen LogP contribution in [0.25, 0.3) is 5.57 Å².